The highest BCUT2D eigenvalue weighted by atomic mass is 32.2. The molecule has 4 N–H and O–H groups in total. The molecular weight excluding hydrogens is 312 g/mol. The quantitative estimate of drug-likeness (QED) is 0.444. The molecule has 0 aromatic rings. The largest absolute Gasteiger partial charge is 0.350 e. The molecule has 3 saturated heterocycles. The van der Waals surface area contributed by atoms with Crippen LogP contribution in [-0.2, 0) is 14.6 Å². The average Bonchev–Trinajstić information content (AvgIpc) is 2.46. The van der Waals surface area contributed by atoms with Crippen molar-refractivity contribution in [1.29, 1.82) is 0 Å². The summed E-state index contributed by atoms with van der Waals surface area (Å²) in [5, 5.41) is 13.2. The Labute approximate surface area is 129 Å². The fraction of sp³-hybridized carbons (Fsp3) is 0.917. The van der Waals surface area contributed by atoms with Gasteiger partial charge in [-0.15, -0.1) is 0 Å². The lowest BCUT2D eigenvalue weighted by Gasteiger charge is -2.40. The first-order chi connectivity index (χ1) is 10.0. The number of thioether (sulfide) groups is 1. The van der Waals surface area contributed by atoms with Crippen molar-refractivity contribution in [3.05, 3.63) is 0 Å². The summed E-state index contributed by atoms with van der Waals surface area (Å²) in [7, 11) is -2.90. The molecular formula is C12H22N4O3S2. The predicted molar refractivity (Wildman–Crippen MR) is 83.3 cm³/mol. The van der Waals surface area contributed by atoms with Crippen LogP contribution in [0.1, 0.15) is 0 Å². The summed E-state index contributed by atoms with van der Waals surface area (Å²) in [6, 6.07) is 0.317. The summed E-state index contributed by atoms with van der Waals surface area (Å²) >= 11 is 1.82. The zero-order valence-corrected chi connectivity index (χ0v) is 13.4. The van der Waals surface area contributed by atoms with Crippen molar-refractivity contribution in [2.45, 2.75) is 23.4 Å². The van der Waals surface area contributed by atoms with Gasteiger partial charge in [-0.2, -0.15) is 11.8 Å². The highest BCUT2D eigenvalue weighted by molar-refractivity contribution is 8.00. The van der Waals surface area contributed by atoms with Crippen LogP contribution < -0.4 is 21.3 Å². The molecule has 0 aromatic carbocycles. The summed E-state index contributed by atoms with van der Waals surface area (Å²) in [5.74, 6) is 1.38. The molecule has 1 amide bonds. The molecule has 4 atom stereocenters. The number of sulfone groups is 1. The highest BCUT2D eigenvalue weighted by Crippen LogP contribution is 2.23. The van der Waals surface area contributed by atoms with Crippen LogP contribution in [-0.4, -0.2) is 81.1 Å². The lowest BCUT2D eigenvalue weighted by atomic mass is 10.1. The van der Waals surface area contributed by atoms with Gasteiger partial charge in [0.2, 0.25) is 5.91 Å². The molecule has 0 radical (unpaired) electrons. The Kier molecular flexibility index (Phi) is 4.75. The van der Waals surface area contributed by atoms with Crippen molar-refractivity contribution in [3.8, 4) is 0 Å². The molecule has 3 aliphatic rings. The standard InChI is InChI=1S/C12H22N4O3S2/c17-12-5-13-3-8(16-12)11-4-15-9(6-20-11)10-7-21(18,19)2-1-14-10/h8-11,13-15H,1-7H2,(H,16,17). The Balaban J connectivity index is 1.52. The van der Waals surface area contributed by atoms with E-state index >= 15 is 0 Å². The van der Waals surface area contributed by atoms with Gasteiger partial charge in [-0.3, -0.25) is 4.79 Å². The summed E-state index contributed by atoms with van der Waals surface area (Å²) in [5.41, 5.74) is 0. The third kappa shape index (κ3) is 3.89. The SMILES string of the molecule is O=C1CNCC(C2CNC(C3CS(=O)(=O)CCN3)CS2)N1. The normalized spacial score (nSPS) is 40.5. The fourth-order valence-electron chi connectivity index (χ4n) is 3.08. The number of nitrogens with one attached hydrogen (secondary N) is 4. The Morgan fingerprint density at radius 3 is 2.62 bits per heavy atom. The van der Waals surface area contributed by atoms with E-state index in [4.69, 9.17) is 0 Å². The smallest absolute Gasteiger partial charge is 0.234 e. The summed E-state index contributed by atoms with van der Waals surface area (Å²) in [4.78, 5) is 11.4. The maximum atomic E-state index is 11.7. The van der Waals surface area contributed by atoms with Gasteiger partial charge in [0.1, 0.15) is 0 Å². The molecule has 3 rings (SSSR count). The lowest BCUT2D eigenvalue weighted by Crippen LogP contribution is -2.63. The van der Waals surface area contributed by atoms with Gasteiger partial charge < -0.3 is 21.3 Å². The van der Waals surface area contributed by atoms with Gasteiger partial charge in [0.15, 0.2) is 9.84 Å². The molecule has 0 aliphatic carbocycles. The van der Waals surface area contributed by atoms with Crippen molar-refractivity contribution in [2.24, 2.45) is 0 Å². The van der Waals surface area contributed by atoms with E-state index in [0.717, 1.165) is 18.8 Å². The fourth-order valence-corrected chi connectivity index (χ4v) is 5.99. The number of rotatable bonds is 2. The number of carbonyl (C=O) groups is 1. The zero-order valence-electron chi connectivity index (χ0n) is 11.8. The van der Waals surface area contributed by atoms with E-state index in [-0.39, 0.29) is 35.5 Å². The van der Waals surface area contributed by atoms with Crippen LogP contribution in [0.2, 0.25) is 0 Å². The maximum Gasteiger partial charge on any atom is 0.234 e. The van der Waals surface area contributed by atoms with Crippen molar-refractivity contribution >= 4 is 27.5 Å². The summed E-state index contributed by atoms with van der Waals surface area (Å²) in [6.07, 6.45) is 0. The molecule has 0 saturated carbocycles. The molecule has 4 unspecified atom stereocenters. The van der Waals surface area contributed by atoms with E-state index in [0.29, 0.717) is 18.3 Å². The minimum Gasteiger partial charge on any atom is -0.350 e. The number of hydrogen-bond acceptors (Lipinski definition) is 7. The Morgan fingerprint density at radius 2 is 1.95 bits per heavy atom. The molecule has 7 nitrogen and oxygen atoms in total. The van der Waals surface area contributed by atoms with E-state index in [1.807, 2.05) is 11.8 Å². The van der Waals surface area contributed by atoms with Gasteiger partial charge in [-0.1, -0.05) is 0 Å². The average molecular weight is 334 g/mol. The number of carbonyl (C=O) groups excluding carboxylic acids is 1. The van der Waals surface area contributed by atoms with E-state index in [1.165, 1.54) is 0 Å². The van der Waals surface area contributed by atoms with Crippen molar-refractivity contribution in [3.63, 3.8) is 0 Å². The van der Waals surface area contributed by atoms with Crippen molar-refractivity contribution < 1.29 is 13.2 Å². The predicted octanol–water partition coefficient (Wildman–Crippen LogP) is -2.47. The molecule has 3 fully saturated rings. The monoisotopic (exact) mass is 334 g/mol. The lowest BCUT2D eigenvalue weighted by molar-refractivity contribution is -0.122. The maximum absolute atomic E-state index is 11.7. The Hall–Kier alpha value is -0.350. The first-order valence-electron chi connectivity index (χ1n) is 7.32. The molecule has 120 valence electrons. The highest BCUT2D eigenvalue weighted by Gasteiger charge is 2.36. The second-order valence-electron chi connectivity index (χ2n) is 5.87. The van der Waals surface area contributed by atoms with Crippen LogP contribution in [0.3, 0.4) is 0 Å². The van der Waals surface area contributed by atoms with Gasteiger partial charge >= 0.3 is 0 Å². The van der Waals surface area contributed by atoms with Gasteiger partial charge in [0, 0.05) is 42.7 Å². The van der Waals surface area contributed by atoms with Crippen LogP contribution in [0.4, 0.5) is 0 Å². The second-order valence-corrected chi connectivity index (χ2v) is 9.37. The third-order valence-corrected chi connectivity index (χ3v) is 7.42. The van der Waals surface area contributed by atoms with Gasteiger partial charge in [-0.25, -0.2) is 8.42 Å². The van der Waals surface area contributed by atoms with Gasteiger partial charge in [0.05, 0.1) is 24.1 Å². The zero-order chi connectivity index (χ0) is 14.9. The van der Waals surface area contributed by atoms with Crippen LogP contribution in [0, 0.1) is 0 Å². The molecule has 3 heterocycles. The number of amides is 1. The number of piperazine rings is 1. The summed E-state index contributed by atoms with van der Waals surface area (Å²) < 4.78 is 23.4. The molecule has 21 heavy (non-hydrogen) atoms. The number of hydrogen-bond donors (Lipinski definition) is 4. The first kappa shape index (κ1) is 15.5. The van der Waals surface area contributed by atoms with Crippen LogP contribution >= 0.6 is 11.8 Å². The summed E-state index contributed by atoms with van der Waals surface area (Å²) in [6.45, 7) is 2.53. The van der Waals surface area contributed by atoms with Crippen LogP contribution in [0.5, 0.6) is 0 Å². The molecule has 0 aromatic heterocycles. The molecule has 0 spiro atoms. The first-order valence-corrected chi connectivity index (χ1v) is 10.2. The van der Waals surface area contributed by atoms with Crippen molar-refractivity contribution in [2.75, 3.05) is 43.4 Å². The molecule has 3 aliphatic heterocycles. The van der Waals surface area contributed by atoms with Crippen molar-refractivity contribution in [1.82, 2.24) is 21.3 Å². The van der Waals surface area contributed by atoms with E-state index in [2.05, 4.69) is 21.3 Å². The van der Waals surface area contributed by atoms with Crippen LogP contribution in [0.25, 0.3) is 0 Å². The van der Waals surface area contributed by atoms with E-state index in [9.17, 15) is 13.2 Å². The minimum absolute atomic E-state index is 0.00345. The van der Waals surface area contributed by atoms with Crippen LogP contribution in [0.15, 0.2) is 0 Å². The van der Waals surface area contributed by atoms with E-state index in [1.54, 1.807) is 0 Å². The molecule has 0 bridgehead atoms. The van der Waals surface area contributed by atoms with Gasteiger partial charge in [-0.05, 0) is 0 Å². The third-order valence-electron chi connectivity index (χ3n) is 4.25. The Morgan fingerprint density at radius 1 is 1.10 bits per heavy atom. The molecule has 9 heteroatoms. The Bertz CT molecular complexity index is 491. The topological polar surface area (TPSA) is 99.3 Å². The van der Waals surface area contributed by atoms with E-state index < -0.39 is 9.84 Å². The minimum atomic E-state index is -2.90. The van der Waals surface area contributed by atoms with Gasteiger partial charge in [0.25, 0.3) is 0 Å². The second kappa shape index (κ2) is 6.41.